The van der Waals surface area contributed by atoms with Crippen LogP contribution in [0.1, 0.15) is 25.0 Å². The molecule has 0 bridgehead atoms. The zero-order chi connectivity index (χ0) is 14.3. The van der Waals surface area contributed by atoms with Crippen molar-refractivity contribution in [1.29, 1.82) is 0 Å². The molecule has 1 aromatic carbocycles. The minimum absolute atomic E-state index is 0.0608. The Bertz CT molecular complexity index is 578. The van der Waals surface area contributed by atoms with E-state index in [1.165, 1.54) is 24.3 Å². The maximum absolute atomic E-state index is 13.2. The smallest absolute Gasteiger partial charge is 0.138 e. The predicted molar refractivity (Wildman–Crippen MR) is 72.1 cm³/mol. The van der Waals surface area contributed by atoms with Crippen molar-refractivity contribution in [2.75, 3.05) is 0 Å². The molecule has 0 unspecified atom stereocenters. The summed E-state index contributed by atoms with van der Waals surface area (Å²) in [5.74, 6) is 1.68. The molecule has 0 heterocycles. The molecule has 0 aliphatic carbocycles. The summed E-state index contributed by atoms with van der Waals surface area (Å²) in [6, 6.07) is 3.99. The molecule has 0 N–H and O–H groups in total. The van der Waals surface area contributed by atoms with E-state index in [0.717, 1.165) is 6.17 Å². The fraction of sp³-hybridized carbons (Fsp3) is 0.200. The number of hydrogen-bond acceptors (Lipinski definition) is 2. The van der Waals surface area contributed by atoms with Crippen LogP contribution in [0.15, 0.2) is 41.2 Å². The molecule has 19 heavy (non-hydrogen) atoms. The summed E-state index contributed by atoms with van der Waals surface area (Å²) in [5.41, 5.74) is 0.677. The van der Waals surface area contributed by atoms with E-state index in [9.17, 15) is 13.7 Å². The van der Waals surface area contributed by atoms with Crippen LogP contribution in [0.5, 0.6) is 0 Å². The molecule has 1 rings (SSSR count). The van der Waals surface area contributed by atoms with Crippen LogP contribution >= 0.6 is 0 Å². The summed E-state index contributed by atoms with van der Waals surface area (Å²) in [6.45, 7) is 3.93. The Balaban J connectivity index is 3.11. The van der Waals surface area contributed by atoms with E-state index in [-0.39, 0.29) is 17.2 Å². The van der Waals surface area contributed by atoms with Gasteiger partial charge in [-0.2, -0.15) is 0 Å². The zero-order valence-corrected chi connectivity index (χ0v) is 10.7. The van der Waals surface area contributed by atoms with E-state index >= 15 is 0 Å². The van der Waals surface area contributed by atoms with Gasteiger partial charge in [-0.05, 0) is 46.9 Å². The maximum atomic E-state index is 13.2. The van der Waals surface area contributed by atoms with E-state index in [1.807, 2.05) is 25.8 Å². The van der Waals surface area contributed by atoms with Crippen LogP contribution in [0.25, 0.3) is 6.08 Å². The topological polar surface area (TPSA) is 29.4 Å². The zero-order valence-electron chi connectivity index (χ0n) is 10.7. The van der Waals surface area contributed by atoms with Crippen molar-refractivity contribution in [3.63, 3.8) is 0 Å². The molecular weight excluding hydrogens is 248 g/mol. The van der Waals surface area contributed by atoms with Gasteiger partial charge in [-0.15, -0.1) is 9.30 Å². The summed E-state index contributed by atoms with van der Waals surface area (Å²) in [5, 5.41) is 2.87. The highest BCUT2D eigenvalue weighted by Gasteiger charge is 2.01. The Kier molecular flexibility index (Phi) is 5.62. The van der Waals surface area contributed by atoms with Gasteiger partial charge in [0.2, 0.25) is 0 Å². The van der Waals surface area contributed by atoms with Crippen molar-refractivity contribution in [2.45, 2.75) is 13.8 Å². The number of benzene rings is 1. The third-order valence-corrected chi connectivity index (χ3v) is 2.24. The molecule has 4 heteroatoms. The van der Waals surface area contributed by atoms with Gasteiger partial charge in [0, 0.05) is 0 Å². The number of rotatable bonds is 4. The first-order chi connectivity index (χ1) is 9.06. The molecule has 0 spiro atoms. The SMILES string of the molecule is CC(C)/C=C/C(=C\c1ccc(F)c(C#CF)c1)N=O. The van der Waals surface area contributed by atoms with Crippen molar-refractivity contribution in [3.8, 4) is 12.1 Å². The number of allylic oxidation sites excluding steroid dienone is 2. The summed E-state index contributed by atoms with van der Waals surface area (Å²) < 4.78 is 25.1. The second kappa shape index (κ2) is 7.22. The molecule has 1 aromatic rings. The van der Waals surface area contributed by atoms with Gasteiger partial charge in [0.25, 0.3) is 0 Å². The Hall–Kier alpha value is -2.28. The Morgan fingerprint density at radius 3 is 2.74 bits per heavy atom. The first-order valence-electron chi connectivity index (χ1n) is 5.71. The van der Waals surface area contributed by atoms with E-state index < -0.39 is 5.82 Å². The molecule has 0 aromatic heterocycles. The molecule has 0 saturated heterocycles. The molecule has 2 nitrogen and oxygen atoms in total. The molecule has 0 aliphatic heterocycles. The monoisotopic (exact) mass is 261 g/mol. The van der Waals surface area contributed by atoms with E-state index in [2.05, 4.69) is 5.18 Å². The lowest BCUT2D eigenvalue weighted by molar-refractivity contribution is 0.624. The molecular formula is C15H13F2NO. The van der Waals surface area contributed by atoms with Crippen LogP contribution < -0.4 is 0 Å². The van der Waals surface area contributed by atoms with Crippen molar-refractivity contribution in [3.05, 3.63) is 57.9 Å². The van der Waals surface area contributed by atoms with E-state index in [4.69, 9.17) is 0 Å². The number of hydrogen-bond donors (Lipinski definition) is 0. The molecule has 0 radical (unpaired) electrons. The fourth-order valence-electron chi connectivity index (χ4n) is 1.35. The third-order valence-electron chi connectivity index (χ3n) is 2.24. The van der Waals surface area contributed by atoms with Crippen LogP contribution in [-0.4, -0.2) is 0 Å². The van der Waals surface area contributed by atoms with E-state index in [1.54, 1.807) is 6.08 Å². The summed E-state index contributed by atoms with van der Waals surface area (Å²) in [6.07, 6.45) is 6.03. The lowest BCUT2D eigenvalue weighted by Gasteiger charge is -1.98. The average molecular weight is 261 g/mol. The van der Waals surface area contributed by atoms with Crippen LogP contribution in [0, 0.1) is 28.7 Å². The lowest BCUT2D eigenvalue weighted by Crippen LogP contribution is -1.85. The second-order valence-corrected chi connectivity index (χ2v) is 4.22. The largest absolute Gasteiger partial charge is 0.206 e. The molecule has 0 aliphatic rings. The first kappa shape index (κ1) is 14.8. The summed E-state index contributed by atoms with van der Waals surface area (Å²) in [7, 11) is 0. The standard InChI is InChI=1S/C15H13F2NO/c1-11(2)3-5-14(18-19)10-12-4-6-15(17)13(9-12)7-8-16/h3-6,9-11H,1-2H3/b5-3+,14-10+. The second-order valence-electron chi connectivity index (χ2n) is 4.22. The highest BCUT2D eigenvalue weighted by Crippen LogP contribution is 2.14. The predicted octanol–water partition coefficient (Wildman–Crippen LogP) is 4.42. The molecule has 0 amide bonds. The van der Waals surface area contributed by atoms with Crippen LogP contribution in [-0.2, 0) is 0 Å². The van der Waals surface area contributed by atoms with Gasteiger partial charge < -0.3 is 0 Å². The highest BCUT2D eigenvalue weighted by molar-refractivity contribution is 5.58. The van der Waals surface area contributed by atoms with Gasteiger partial charge in [0.1, 0.15) is 17.7 Å². The Morgan fingerprint density at radius 2 is 2.16 bits per heavy atom. The van der Waals surface area contributed by atoms with Gasteiger partial charge in [-0.25, -0.2) is 4.39 Å². The summed E-state index contributed by atoms with van der Waals surface area (Å²) in [4.78, 5) is 10.7. The number of halogens is 2. The summed E-state index contributed by atoms with van der Waals surface area (Å²) >= 11 is 0. The average Bonchev–Trinajstić information content (AvgIpc) is 2.38. The number of nitroso groups, excluding NO2 is 1. The van der Waals surface area contributed by atoms with Gasteiger partial charge in [-0.1, -0.05) is 26.0 Å². The molecule has 0 saturated carbocycles. The van der Waals surface area contributed by atoms with Gasteiger partial charge in [0.05, 0.1) is 5.56 Å². The molecule has 0 fully saturated rings. The lowest BCUT2D eigenvalue weighted by atomic mass is 10.1. The quantitative estimate of drug-likeness (QED) is 0.448. The van der Waals surface area contributed by atoms with Gasteiger partial charge >= 0.3 is 0 Å². The van der Waals surface area contributed by atoms with Crippen LogP contribution in [0.3, 0.4) is 0 Å². The van der Waals surface area contributed by atoms with Gasteiger partial charge in [0.15, 0.2) is 0 Å². The molecule has 0 atom stereocenters. The van der Waals surface area contributed by atoms with Gasteiger partial charge in [-0.3, -0.25) is 0 Å². The van der Waals surface area contributed by atoms with Crippen molar-refractivity contribution >= 4 is 6.08 Å². The Morgan fingerprint density at radius 1 is 1.42 bits per heavy atom. The maximum Gasteiger partial charge on any atom is 0.138 e. The Labute approximate surface area is 110 Å². The fourth-order valence-corrected chi connectivity index (χ4v) is 1.35. The van der Waals surface area contributed by atoms with Crippen molar-refractivity contribution < 1.29 is 8.78 Å². The van der Waals surface area contributed by atoms with Crippen molar-refractivity contribution in [1.82, 2.24) is 0 Å². The van der Waals surface area contributed by atoms with Crippen LogP contribution in [0.4, 0.5) is 8.78 Å². The van der Waals surface area contributed by atoms with E-state index in [0.29, 0.717) is 5.56 Å². The minimum Gasteiger partial charge on any atom is -0.206 e. The molecule has 98 valence electrons. The minimum atomic E-state index is -0.611. The van der Waals surface area contributed by atoms with Crippen LogP contribution in [0.2, 0.25) is 0 Å². The number of nitrogens with zero attached hydrogens (tertiary/aromatic N) is 1. The normalized spacial score (nSPS) is 11.5. The first-order valence-corrected chi connectivity index (χ1v) is 5.71. The van der Waals surface area contributed by atoms with Crippen molar-refractivity contribution in [2.24, 2.45) is 11.1 Å². The highest BCUT2D eigenvalue weighted by atomic mass is 19.1. The third kappa shape index (κ3) is 4.84.